The van der Waals surface area contributed by atoms with E-state index in [0.29, 0.717) is 6.04 Å². The summed E-state index contributed by atoms with van der Waals surface area (Å²) in [5, 5.41) is 3.48. The monoisotopic (exact) mass is 239 g/mol. The van der Waals surface area contributed by atoms with Crippen LogP contribution in [0, 0.1) is 5.92 Å². The summed E-state index contributed by atoms with van der Waals surface area (Å²) in [5.41, 5.74) is 0. The molecule has 90 valence electrons. The van der Waals surface area contributed by atoms with E-state index in [9.17, 15) is 0 Å². The van der Waals surface area contributed by atoms with Crippen LogP contribution < -0.4 is 5.32 Å². The van der Waals surface area contributed by atoms with Gasteiger partial charge >= 0.3 is 0 Å². The van der Waals surface area contributed by atoms with E-state index in [-0.39, 0.29) is 0 Å². The molecule has 1 aromatic rings. The zero-order chi connectivity index (χ0) is 11.4. The van der Waals surface area contributed by atoms with E-state index in [1.165, 1.54) is 22.6 Å². The van der Waals surface area contributed by atoms with Gasteiger partial charge in [-0.05, 0) is 44.4 Å². The van der Waals surface area contributed by atoms with Crippen LogP contribution in [0.25, 0.3) is 0 Å². The van der Waals surface area contributed by atoms with Crippen LogP contribution in [0.5, 0.6) is 0 Å². The zero-order valence-corrected chi connectivity index (χ0v) is 11.0. The molecular formula is C13H21NOS. The second kappa shape index (κ2) is 5.80. The third-order valence-corrected chi connectivity index (χ3v) is 4.70. The lowest BCUT2D eigenvalue weighted by Crippen LogP contribution is -2.29. The minimum Gasteiger partial charge on any atom is -0.381 e. The average Bonchev–Trinajstić information content (AvgIpc) is 2.80. The predicted octanol–water partition coefficient (Wildman–Crippen LogP) is 3.00. The fourth-order valence-corrected chi connectivity index (χ4v) is 3.57. The maximum atomic E-state index is 5.43. The topological polar surface area (TPSA) is 21.3 Å². The highest BCUT2D eigenvalue weighted by Crippen LogP contribution is 2.33. The lowest BCUT2D eigenvalue weighted by molar-refractivity contribution is 0.0550. The maximum Gasteiger partial charge on any atom is 0.0469 e. The number of ether oxygens (including phenoxy) is 1. The lowest BCUT2D eigenvalue weighted by Gasteiger charge is -2.29. The molecule has 1 aliphatic heterocycles. The first-order valence-electron chi connectivity index (χ1n) is 6.18. The van der Waals surface area contributed by atoms with Gasteiger partial charge in [0.1, 0.15) is 0 Å². The SMILES string of the molecule is CCc1ccc(C(NC)C2CCOCC2)s1. The number of rotatable bonds is 4. The van der Waals surface area contributed by atoms with E-state index in [1.54, 1.807) is 0 Å². The van der Waals surface area contributed by atoms with Crippen molar-refractivity contribution in [3.63, 3.8) is 0 Å². The van der Waals surface area contributed by atoms with Gasteiger partial charge in [-0.3, -0.25) is 0 Å². The first-order valence-corrected chi connectivity index (χ1v) is 7.00. The Morgan fingerprint density at radius 2 is 2.19 bits per heavy atom. The molecule has 0 amide bonds. The van der Waals surface area contributed by atoms with Gasteiger partial charge in [-0.1, -0.05) is 6.92 Å². The summed E-state index contributed by atoms with van der Waals surface area (Å²) in [6, 6.07) is 5.08. The van der Waals surface area contributed by atoms with Gasteiger partial charge in [-0.25, -0.2) is 0 Å². The molecule has 0 radical (unpaired) electrons. The fourth-order valence-electron chi connectivity index (χ4n) is 2.41. The smallest absolute Gasteiger partial charge is 0.0469 e. The summed E-state index contributed by atoms with van der Waals surface area (Å²) in [4.78, 5) is 2.98. The molecule has 1 unspecified atom stereocenters. The third kappa shape index (κ3) is 2.65. The zero-order valence-electron chi connectivity index (χ0n) is 10.2. The van der Waals surface area contributed by atoms with E-state index >= 15 is 0 Å². The molecule has 2 rings (SSSR count). The van der Waals surface area contributed by atoms with Crippen LogP contribution in [0.15, 0.2) is 12.1 Å². The van der Waals surface area contributed by atoms with Gasteiger partial charge in [0.2, 0.25) is 0 Å². The molecule has 16 heavy (non-hydrogen) atoms. The van der Waals surface area contributed by atoms with Crippen molar-refractivity contribution in [1.82, 2.24) is 5.32 Å². The average molecular weight is 239 g/mol. The molecule has 2 heterocycles. The minimum atomic E-state index is 0.522. The first-order chi connectivity index (χ1) is 7.85. The quantitative estimate of drug-likeness (QED) is 0.872. The van der Waals surface area contributed by atoms with Gasteiger partial charge in [0.15, 0.2) is 0 Å². The highest BCUT2D eigenvalue weighted by atomic mass is 32.1. The number of nitrogens with one attached hydrogen (secondary N) is 1. The molecule has 0 saturated carbocycles. The van der Waals surface area contributed by atoms with Crippen LogP contribution in [0.3, 0.4) is 0 Å². The van der Waals surface area contributed by atoms with Crippen LogP contribution in [0.1, 0.15) is 35.6 Å². The Bertz CT molecular complexity index is 317. The Morgan fingerprint density at radius 1 is 1.44 bits per heavy atom. The van der Waals surface area contributed by atoms with Gasteiger partial charge < -0.3 is 10.1 Å². The Morgan fingerprint density at radius 3 is 2.75 bits per heavy atom. The van der Waals surface area contributed by atoms with E-state index in [4.69, 9.17) is 4.74 Å². The second-order valence-corrected chi connectivity index (χ2v) is 5.57. The normalized spacial score (nSPS) is 19.9. The summed E-state index contributed by atoms with van der Waals surface area (Å²) in [6.45, 7) is 4.07. The molecule has 0 spiro atoms. The van der Waals surface area contributed by atoms with Crippen molar-refractivity contribution in [3.8, 4) is 0 Å². The third-order valence-electron chi connectivity index (χ3n) is 3.39. The van der Waals surface area contributed by atoms with E-state index in [0.717, 1.165) is 25.6 Å². The van der Waals surface area contributed by atoms with Crippen molar-refractivity contribution in [2.24, 2.45) is 5.92 Å². The molecule has 0 aromatic carbocycles. The summed E-state index contributed by atoms with van der Waals surface area (Å²) >= 11 is 1.96. The summed E-state index contributed by atoms with van der Waals surface area (Å²) < 4.78 is 5.43. The fraction of sp³-hybridized carbons (Fsp3) is 0.692. The number of aryl methyl sites for hydroxylation is 1. The van der Waals surface area contributed by atoms with Crippen molar-refractivity contribution in [2.75, 3.05) is 20.3 Å². The molecular weight excluding hydrogens is 218 g/mol. The Hall–Kier alpha value is -0.380. The Balaban J connectivity index is 2.08. The van der Waals surface area contributed by atoms with E-state index < -0.39 is 0 Å². The molecule has 2 nitrogen and oxygen atoms in total. The molecule has 1 saturated heterocycles. The predicted molar refractivity (Wildman–Crippen MR) is 69.0 cm³/mol. The second-order valence-electron chi connectivity index (χ2n) is 4.37. The number of hydrogen-bond donors (Lipinski definition) is 1. The Kier molecular flexibility index (Phi) is 4.38. The van der Waals surface area contributed by atoms with Gasteiger partial charge in [0.25, 0.3) is 0 Å². The van der Waals surface area contributed by atoms with Gasteiger partial charge in [-0.2, -0.15) is 0 Å². The number of hydrogen-bond acceptors (Lipinski definition) is 3. The molecule has 0 aliphatic carbocycles. The summed E-state index contributed by atoms with van der Waals surface area (Å²) in [5.74, 6) is 0.738. The highest BCUT2D eigenvalue weighted by molar-refractivity contribution is 7.12. The number of thiophene rings is 1. The summed E-state index contributed by atoms with van der Waals surface area (Å²) in [6.07, 6.45) is 3.52. The molecule has 1 atom stereocenters. The highest BCUT2D eigenvalue weighted by Gasteiger charge is 2.25. The van der Waals surface area contributed by atoms with Crippen molar-refractivity contribution in [2.45, 2.75) is 32.2 Å². The molecule has 0 bridgehead atoms. The molecule has 1 N–H and O–H groups in total. The van der Waals surface area contributed by atoms with Gasteiger partial charge in [0, 0.05) is 29.0 Å². The van der Waals surface area contributed by atoms with Gasteiger partial charge in [-0.15, -0.1) is 11.3 Å². The van der Waals surface area contributed by atoms with Crippen LogP contribution in [0.4, 0.5) is 0 Å². The first kappa shape index (κ1) is 12.1. The van der Waals surface area contributed by atoms with Crippen LogP contribution >= 0.6 is 11.3 Å². The molecule has 1 aliphatic rings. The van der Waals surface area contributed by atoms with Crippen LogP contribution in [-0.2, 0) is 11.2 Å². The van der Waals surface area contributed by atoms with E-state index in [1.807, 2.05) is 11.3 Å². The molecule has 1 aromatic heterocycles. The van der Waals surface area contributed by atoms with Crippen molar-refractivity contribution in [1.29, 1.82) is 0 Å². The summed E-state index contributed by atoms with van der Waals surface area (Å²) in [7, 11) is 2.07. The molecule has 1 fully saturated rings. The van der Waals surface area contributed by atoms with Gasteiger partial charge in [0.05, 0.1) is 0 Å². The largest absolute Gasteiger partial charge is 0.381 e. The Labute approximate surface area is 102 Å². The standard InChI is InChI=1S/C13H21NOS/c1-3-11-4-5-12(16-11)13(14-2)10-6-8-15-9-7-10/h4-5,10,13-14H,3,6-9H2,1-2H3. The van der Waals surface area contributed by atoms with Crippen molar-refractivity contribution >= 4 is 11.3 Å². The maximum absolute atomic E-state index is 5.43. The van der Waals surface area contributed by atoms with Crippen molar-refractivity contribution in [3.05, 3.63) is 21.9 Å². The lowest BCUT2D eigenvalue weighted by atomic mass is 9.91. The van der Waals surface area contributed by atoms with E-state index in [2.05, 4.69) is 31.4 Å². The minimum absolute atomic E-state index is 0.522. The molecule has 3 heteroatoms. The van der Waals surface area contributed by atoms with Crippen molar-refractivity contribution < 1.29 is 4.74 Å². The van der Waals surface area contributed by atoms with Crippen LogP contribution in [0.2, 0.25) is 0 Å². The van der Waals surface area contributed by atoms with Crippen LogP contribution in [-0.4, -0.2) is 20.3 Å².